The van der Waals surface area contributed by atoms with Gasteiger partial charge in [0.15, 0.2) is 0 Å². The molecular formula is C16H23NO2. The summed E-state index contributed by atoms with van der Waals surface area (Å²) in [6, 6.07) is 5.76. The summed E-state index contributed by atoms with van der Waals surface area (Å²) in [5.41, 5.74) is 2.55. The smallest absolute Gasteiger partial charge is 0.337 e. The summed E-state index contributed by atoms with van der Waals surface area (Å²) in [5.74, 6) is -0.832. The summed E-state index contributed by atoms with van der Waals surface area (Å²) in [4.78, 5) is 13.6. The Hall–Kier alpha value is -1.51. The molecule has 0 atom stereocenters. The number of rotatable bonds is 2. The Kier molecular flexibility index (Phi) is 3.83. The van der Waals surface area contributed by atoms with Gasteiger partial charge in [-0.25, -0.2) is 4.79 Å². The molecule has 1 aromatic rings. The number of hydrogen-bond acceptors (Lipinski definition) is 2. The molecule has 1 saturated heterocycles. The monoisotopic (exact) mass is 261 g/mol. The van der Waals surface area contributed by atoms with Crippen LogP contribution in [0.5, 0.6) is 0 Å². The zero-order valence-electron chi connectivity index (χ0n) is 12.1. The molecule has 3 nitrogen and oxygen atoms in total. The second-order valence-corrected chi connectivity index (χ2v) is 6.33. The second kappa shape index (κ2) is 5.24. The van der Waals surface area contributed by atoms with E-state index in [-0.39, 0.29) is 5.41 Å². The first kappa shape index (κ1) is 13.9. The molecule has 1 aliphatic rings. The first-order chi connectivity index (χ1) is 8.89. The molecule has 1 aromatic carbocycles. The summed E-state index contributed by atoms with van der Waals surface area (Å²) in [6.07, 6.45) is 3.55. The third kappa shape index (κ3) is 3.09. The minimum absolute atomic E-state index is 0.0432. The number of hydrogen-bond donors (Lipinski definition) is 1. The lowest BCUT2D eigenvalue weighted by atomic mass is 9.86. The molecule has 1 aliphatic heterocycles. The molecule has 0 unspecified atom stereocenters. The number of piperidine rings is 1. The summed E-state index contributed by atoms with van der Waals surface area (Å²) < 4.78 is 0. The number of carboxylic acid groups (broad SMARTS) is 1. The van der Waals surface area contributed by atoms with E-state index in [0.717, 1.165) is 31.6 Å². The Morgan fingerprint density at radius 1 is 1.16 bits per heavy atom. The molecule has 1 heterocycles. The van der Waals surface area contributed by atoms with Gasteiger partial charge in [0.1, 0.15) is 0 Å². The van der Waals surface area contributed by atoms with Gasteiger partial charge < -0.3 is 10.0 Å². The highest BCUT2D eigenvalue weighted by Gasteiger charge is 2.22. The van der Waals surface area contributed by atoms with E-state index in [2.05, 4.69) is 31.7 Å². The van der Waals surface area contributed by atoms with Crippen molar-refractivity contribution in [3.8, 4) is 0 Å². The maximum Gasteiger partial charge on any atom is 0.337 e. The Balaban J connectivity index is 2.44. The fourth-order valence-corrected chi connectivity index (χ4v) is 2.58. The van der Waals surface area contributed by atoms with Gasteiger partial charge in [0.05, 0.1) is 11.3 Å². The SMILES string of the molecule is CC(C)(C)c1ccc(C(=O)O)c(N2CCCCC2)c1. The van der Waals surface area contributed by atoms with Crippen molar-refractivity contribution in [2.24, 2.45) is 0 Å². The van der Waals surface area contributed by atoms with Crippen molar-refractivity contribution in [1.29, 1.82) is 0 Å². The van der Waals surface area contributed by atoms with Crippen molar-refractivity contribution >= 4 is 11.7 Å². The highest BCUT2D eigenvalue weighted by Crippen LogP contribution is 2.31. The number of nitrogens with zero attached hydrogens (tertiary/aromatic N) is 1. The number of anilines is 1. The van der Waals surface area contributed by atoms with Crippen molar-refractivity contribution in [3.63, 3.8) is 0 Å². The average Bonchev–Trinajstić information content (AvgIpc) is 2.38. The first-order valence-corrected chi connectivity index (χ1v) is 7.02. The second-order valence-electron chi connectivity index (χ2n) is 6.33. The van der Waals surface area contributed by atoms with E-state index >= 15 is 0 Å². The van der Waals surface area contributed by atoms with Crippen LogP contribution in [0.3, 0.4) is 0 Å². The lowest BCUT2D eigenvalue weighted by Gasteiger charge is -2.31. The Morgan fingerprint density at radius 3 is 2.32 bits per heavy atom. The number of benzene rings is 1. The van der Waals surface area contributed by atoms with Gasteiger partial charge in [-0.2, -0.15) is 0 Å². The standard InChI is InChI=1S/C16H23NO2/c1-16(2,3)12-7-8-13(15(18)19)14(11-12)17-9-5-4-6-10-17/h7-8,11H,4-6,9-10H2,1-3H3,(H,18,19). The van der Waals surface area contributed by atoms with Crippen LogP contribution in [0.4, 0.5) is 5.69 Å². The number of aromatic carboxylic acids is 1. The van der Waals surface area contributed by atoms with Gasteiger partial charge in [0.2, 0.25) is 0 Å². The van der Waals surface area contributed by atoms with Crippen LogP contribution in [0, 0.1) is 0 Å². The molecule has 1 fully saturated rings. The largest absolute Gasteiger partial charge is 0.478 e. The van der Waals surface area contributed by atoms with E-state index in [0.29, 0.717) is 5.56 Å². The topological polar surface area (TPSA) is 40.5 Å². The molecule has 0 radical (unpaired) electrons. The zero-order valence-corrected chi connectivity index (χ0v) is 12.1. The van der Waals surface area contributed by atoms with Gasteiger partial charge in [-0.05, 0) is 42.4 Å². The van der Waals surface area contributed by atoms with Crippen LogP contribution >= 0.6 is 0 Å². The molecule has 0 aliphatic carbocycles. The van der Waals surface area contributed by atoms with Crippen LogP contribution in [0.1, 0.15) is 56.0 Å². The van der Waals surface area contributed by atoms with Crippen molar-refractivity contribution < 1.29 is 9.90 Å². The van der Waals surface area contributed by atoms with E-state index in [1.807, 2.05) is 6.07 Å². The fraction of sp³-hybridized carbons (Fsp3) is 0.562. The van der Waals surface area contributed by atoms with Gasteiger partial charge in [0.25, 0.3) is 0 Å². The molecule has 0 saturated carbocycles. The van der Waals surface area contributed by atoms with E-state index < -0.39 is 5.97 Å². The molecule has 104 valence electrons. The minimum Gasteiger partial charge on any atom is -0.478 e. The average molecular weight is 261 g/mol. The van der Waals surface area contributed by atoms with Crippen molar-refractivity contribution in [3.05, 3.63) is 29.3 Å². The third-order valence-corrected chi connectivity index (χ3v) is 3.79. The summed E-state index contributed by atoms with van der Waals surface area (Å²) in [6.45, 7) is 8.40. The molecule has 1 N–H and O–H groups in total. The quantitative estimate of drug-likeness (QED) is 0.883. The summed E-state index contributed by atoms with van der Waals surface area (Å²) in [5, 5.41) is 9.36. The fourth-order valence-electron chi connectivity index (χ4n) is 2.58. The predicted molar refractivity (Wildman–Crippen MR) is 78.2 cm³/mol. The molecule has 0 spiro atoms. The maximum atomic E-state index is 11.4. The van der Waals surface area contributed by atoms with Crippen LogP contribution in [-0.4, -0.2) is 24.2 Å². The summed E-state index contributed by atoms with van der Waals surface area (Å²) >= 11 is 0. The Morgan fingerprint density at radius 2 is 1.79 bits per heavy atom. The van der Waals surface area contributed by atoms with E-state index in [4.69, 9.17) is 0 Å². The molecule has 0 amide bonds. The van der Waals surface area contributed by atoms with Crippen molar-refractivity contribution in [2.75, 3.05) is 18.0 Å². The minimum atomic E-state index is -0.832. The van der Waals surface area contributed by atoms with E-state index in [1.54, 1.807) is 6.07 Å². The highest BCUT2D eigenvalue weighted by molar-refractivity contribution is 5.94. The molecule has 2 rings (SSSR count). The Bertz CT molecular complexity index is 468. The molecule has 19 heavy (non-hydrogen) atoms. The summed E-state index contributed by atoms with van der Waals surface area (Å²) in [7, 11) is 0. The lowest BCUT2D eigenvalue weighted by molar-refractivity contribution is 0.0697. The zero-order chi connectivity index (χ0) is 14.0. The normalized spacial score (nSPS) is 16.5. The Labute approximate surface area is 115 Å². The molecule has 3 heteroatoms. The van der Waals surface area contributed by atoms with Crippen LogP contribution in [0.15, 0.2) is 18.2 Å². The van der Waals surface area contributed by atoms with Gasteiger partial charge >= 0.3 is 5.97 Å². The highest BCUT2D eigenvalue weighted by atomic mass is 16.4. The van der Waals surface area contributed by atoms with Crippen LogP contribution in [-0.2, 0) is 5.41 Å². The molecular weight excluding hydrogens is 238 g/mol. The number of carboxylic acids is 1. The van der Waals surface area contributed by atoms with E-state index in [9.17, 15) is 9.90 Å². The lowest BCUT2D eigenvalue weighted by Crippen LogP contribution is -2.31. The van der Waals surface area contributed by atoms with Gasteiger partial charge in [-0.1, -0.05) is 26.8 Å². The molecule has 0 aromatic heterocycles. The maximum absolute atomic E-state index is 11.4. The van der Waals surface area contributed by atoms with E-state index in [1.165, 1.54) is 12.0 Å². The third-order valence-electron chi connectivity index (χ3n) is 3.79. The molecule has 0 bridgehead atoms. The number of carbonyl (C=O) groups is 1. The van der Waals surface area contributed by atoms with Crippen LogP contribution in [0.25, 0.3) is 0 Å². The van der Waals surface area contributed by atoms with Gasteiger partial charge in [-0.15, -0.1) is 0 Å². The van der Waals surface area contributed by atoms with Crippen LogP contribution < -0.4 is 4.90 Å². The van der Waals surface area contributed by atoms with Crippen LogP contribution in [0.2, 0.25) is 0 Å². The predicted octanol–water partition coefficient (Wildman–Crippen LogP) is 3.67. The van der Waals surface area contributed by atoms with Gasteiger partial charge in [0, 0.05) is 13.1 Å². The van der Waals surface area contributed by atoms with Gasteiger partial charge in [-0.3, -0.25) is 0 Å². The van der Waals surface area contributed by atoms with Crippen molar-refractivity contribution in [2.45, 2.75) is 45.4 Å². The van der Waals surface area contributed by atoms with Crippen molar-refractivity contribution in [1.82, 2.24) is 0 Å². The first-order valence-electron chi connectivity index (χ1n) is 7.02.